The Hall–Kier alpha value is -1.89. The van der Waals surface area contributed by atoms with Crippen LogP contribution in [-0.2, 0) is 14.4 Å². The SMILES string of the molecule is CCCCCCCC/C=C/CCCCCC[N+](CCCCC(=O)O)(CCCCC(=O)O)CCCCC(=O)O. The van der Waals surface area contributed by atoms with Gasteiger partial charge in [-0.25, -0.2) is 0 Å². The molecule has 0 fully saturated rings. The summed E-state index contributed by atoms with van der Waals surface area (Å²) in [6.45, 7) is 5.90. The molecular weight excluding hydrogens is 482 g/mol. The quantitative estimate of drug-likeness (QED) is 0.0506. The minimum Gasteiger partial charge on any atom is -0.481 e. The maximum Gasteiger partial charge on any atom is 0.303 e. The number of hydrogen-bond donors (Lipinski definition) is 3. The van der Waals surface area contributed by atoms with Gasteiger partial charge in [-0.3, -0.25) is 14.4 Å². The fourth-order valence-electron chi connectivity index (χ4n) is 5.18. The van der Waals surface area contributed by atoms with E-state index in [1.54, 1.807) is 0 Å². The molecule has 38 heavy (non-hydrogen) atoms. The van der Waals surface area contributed by atoms with Crippen LogP contribution in [0.3, 0.4) is 0 Å². The molecule has 0 heterocycles. The highest BCUT2D eigenvalue weighted by Gasteiger charge is 2.26. The Kier molecular flexibility index (Phi) is 24.1. The number of unbranched alkanes of at least 4 members (excludes halogenated alkanes) is 13. The summed E-state index contributed by atoms with van der Waals surface area (Å²) >= 11 is 0. The molecule has 0 unspecified atom stereocenters. The van der Waals surface area contributed by atoms with Crippen molar-refractivity contribution in [3.8, 4) is 0 Å². The van der Waals surface area contributed by atoms with Gasteiger partial charge in [-0.2, -0.15) is 0 Å². The molecule has 7 heteroatoms. The molecular formula is C31H58NO6+. The maximum absolute atomic E-state index is 11.0. The zero-order valence-corrected chi connectivity index (χ0v) is 24.3. The van der Waals surface area contributed by atoms with Gasteiger partial charge in [0.1, 0.15) is 0 Å². The molecule has 0 bridgehead atoms. The van der Waals surface area contributed by atoms with Crippen LogP contribution in [0.5, 0.6) is 0 Å². The predicted octanol–water partition coefficient (Wildman–Crippen LogP) is 7.83. The van der Waals surface area contributed by atoms with Gasteiger partial charge in [0.25, 0.3) is 0 Å². The molecule has 0 amide bonds. The zero-order valence-electron chi connectivity index (χ0n) is 24.3. The van der Waals surface area contributed by atoms with Crippen LogP contribution in [0.15, 0.2) is 12.2 Å². The second-order valence-electron chi connectivity index (χ2n) is 11.0. The van der Waals surface area contributed by atoms with Crippen molar-refractivity contribution in [2.45, 2.75) is 142 Å². The summed E-state index contributed by atoms with van der Waals surface area (Å²) in [6, 6.07) is 0. The Morgan fingerprint density at radius 3 is 1.16 bits per heavy atom. The number of hydrogen-bond acceptors (Lipinski definition) is 3. The highest BCUT2D eigenvalue weighted by Crippen LogP contribution is 2.19. The van der Waals surface area contributed by atoms with Crippen molar-refractivity contribution in [3.05, 3.63) is 12.2 Å². The highest BCUT2D eigenvalue weighted by atomic mass is 16.4. The van der Waals surface area contributed by atoms with E-state index in [9.17, 15) is 14.4 Å². The monoisotopic (exact) mass is 540 g/mol. The van der Waals surface area contributed by atoms with E-state index in [0.717, 1.165) is 69.2 Å². The lowest BCUT2D eigenvalue weighted by atomic mass is 10.1. The number of aliphatic carboxylic acids is 3. The first-order chi connectivity index (χ1) is 18.3. The highest BCUT2D eigenvalue weighted by molar-refractivity contribution is 5.67. The fourth-order valence-corrected chi connectivity index (χ4v) is 5.18. The topological polar surface area (TPSA) is 112 Å². The van der Waals surface area contributed by atoms with Gasteiger partial charge in [0.05, 0.1) is 26.2 Å². The van der Waals surface area contributed by atoms with Gasteiger partial charge in [-0.15, -0.1) is 0 Å². The lowest BCUT2D eigenvalue weighted by molar-refractivity contribution is -0.929. The Labute approximate surface area is 232 Å². The Morgan fingerprint density at radius 1 is 0.474 bits per heavy atom. The van der Waals surface area contributed by atoms with E-state index < -0.39 is 17.9 Å². The smallest absolute Gasteiger partial charge is 0.303 e. The molecule has 0 aromatic carbocycles. The Morgan fingerprint density at radius 2 is 0.789 bits per heavy atom. The number of nitrogens with zero attached hydrogens (tertiary/aromatic N) is 1. The lowest BCUT2D eigenvalue weighted by Crippen LogP contribution is -2.51. The van der Waals surface area contributed by atoms with Gasteiger partial charge in [-0.05, 0) is 77.0 Å². The molecule has 3 N–H and O–H groups in total. The van der Waals surface area contributed by atoms with Gasteiger partial charge in [0.2, 0.25) is 0 Å². The van der Waals surface area contributed by atoms with Crippen LogP contribution in [0.4, 0.5) is 0 Å². The van der Waals surface area contributed by atoms with Crippen LogP contribution in [0.2, 0.25) is 0 Å². The van der Waals surface area contributed by atoms with E-state index in [2.05, 4.69) is 19.1 Å². The first-order valence-electron chi connectivity index (χ1n) is 15.5. The van der Waals surface area contributed by atoms with Crippen molar-refractivity contribution in [2.24, 2.45) is 0 Å². The summed E-state index contributed by atoms with van der Waals surface area (Å²) in [5.41, 5.74) is 0. The zero-order chi connectivity index (χ0) is 28.3. The summed E-state index contributed by atoms with van der Waals surface area (Å²) in [5.74, 6) is -2.31. The van der Waals surface area contributed by atoms with Crippen molar-refractivity contribution in [2.75, 3.05) is 26.2 Å². The molecule has 0 aliphatic heterocycles. The van der Waals surface area contributed by atoms with Crippen LogP contribution in [0.1, 0.15) is 142 Å². The van der Waals surface area contributed by atoms with Gasteiger partial charge in [0.15, 0.2) is 0 Å². The number of allylic oxidation sites excluding steroid dienone is 2. The number of carboxylic acid groups (broad SMARTS) is 3. The molecule has 0 rings (SSSR count). The fraction of sp³-hybridized carbons (Fsp3) is 0.839. The van der Waals surface area contributed by atoms with Crippen LogP contribution in [0, 0.1) is 0 Å². The van der Waals surface area contributed by atoms with Crippen molar-refractivity contribution in [1.29, 1.82) is 0 Å². The maximum atomic E-state index is 11.0. The first-order valence-corrected chi connectivity index (χ1v) is 15.5. The van der Waals surface area contributed by atoms with Crippen LogP contribution in [0.25, 0.3) is 0 Å². The third-order valence-corrected chi connectivity index (χ3v) is 7.46. The first kappa shape index (κ1) is 36.1. The van der Waals surface area contributed by atoms with E-state index in [4.69, 9.17) is 15.3 Å². The van der Waals surface area contributed by atoms with Gasteiger partial charge >= 0.3 is 17.9 Å². The molecule has 222 valence electrons. The van der Waals surface area contributed by atoms with Crippen LogP contribution >= 0.6 is 0 Å². The summed E-state index contributed by atoms with van der Waals surface area (Å²) in [4.78, 5) is 32.9. The molecule has 0 atom stereocenters. The van der Waals surface area contributed by atoms with Gasteiger partial charge in [-0.1, -0.05) is 57.6 Å². The number of quaternary nitrogens is 1. The third kappa shape index (κ3) is 24.4. The average Bonchev–Trinajstić information content (AvgIpc) is 2.87. The Balaban J connectivity index is 4.59. The second-order valence-corrected chi connectivity index (χ2v) is 11.0. The molecule has 0 spiro atoms. The normalized spacial score (nSPS) is 11.8. The molecule has 0 aromatic heterocycles. The van der Waals surface area contributed by atoms with Crippen LogP contribution < -0.4 is 0 Å². The molecule has 0 radical (unpaired) electrons. The second kappa shape index (κ2) is 25.4. The van der Waals surface area contributed by atoms with Crippen molar-refractivity contribution < 1.29 is 34.2 Å². The van der Waals surface area contributed by atoms with Crippen molar-refractivity contribution in [3.63, 3.8) is 0 Å². The standard InChI is InChI=1S/C31H57NO6/c1-2-3-4-5-6-7-8-9-10-11-12-13-14-18-25-32(26-19-15-22-29(33)34,27-20-16-23-30(35)36)28-21-17-24-31(37)38/h9-10H,2-8,11-28H2,1H3,(H2-,33,34,35,36,37,38)/p+1/b10-9+. The lowest BCUT2D eigenvalue weighted by Gasteiger charge is -2.39. The molecule has 0 aliphatic carbocycles. The van der Waals surface area contributed by atoms with Crippen LogP contribution in [-0.4, -0.2) is 63.9 Å². The Bertz CT molecular complexity index is 579. The minimum atomic E-state index is -0.771. The molecule has 0 aliphatic rings. The molecule has 7 nitrogen and oxygen atoms in total. The molecule has 0 aromatic rings. The average molecular weight is 541 g/mol. The van der Waals surface area contributed by atoms with E-state index >= 15 is 0 Å². The summed E-state index contributed by atoms with van der Waals surface area (Å²) in [6.07, 6.45) is 24.6. The van der Waals surface area contributed by atoms with Gasteiger partial charge < -0.3 is 19.8 Å². The number of carbonyl (C=O) groups is 3. The van der Waals surface area contributed by atoms with Gasteiger partial charge in [0, 0.05) is 19.3 Å². The molecule has 0 saturated carbocycles. The van der Waals surface area contributed by atoms with E-state index in [1.165, 1.54) is 57.8 Å². The third-order valence-electron chi connectivity index (χ3n) is 7.46. The van der Waals surface area contributed by atoms with E-state index in [1.807, 2.05) is 0 Å². The number of carboxylic acids is 3. The summed E-state index contributed by atoms with van der Waals surface area (Å²) in [5, 5.41) is 27.1. The van der Waals surface area contributed by atoms with E-state index in [0.29, 0.717) is 19.3 Å². The summed E-state index contributed by atoms with van der Waals surface area (Å²) < 4.78 is 0.858. The molecule has 0 saturated heterocycles. The summed E-state index contributed by atoms with van der Waals surface area (Å²) in [7, 11) is 0. The largest absolute Gasteiger partial charge is 0.481 e. The van der Waals surface area contributed by atoms with Crippen molar-refractivity contribution in [1.82, 2.24) is 0 Å². The predicted molar refractivity (Wildman–Crippen MR) is 154 cm³/mol. The number of rotatable bonds is 29. The van der Waals surface area contributed by atoms with E-state index in [-0.39, 0.29) is 19.3 Å². The van der Waals surface area contributed by atoms with Crippen molar-refractivity contribution >= 4 is 17.9 Å². The minimum absolute atomic E-state index is 0.171.